The van der Waals surface area contributed by atoms with Crippen molar-refractivity contribution in [1.82, 2.24) is 0 Å². The second-order valence-corrected chi connectivity index (χ2v) is 5.68. The van der Waals surface area contributed by atoms with Crippen molar-refractivity contribution >= 4 is 0 Å². The van der Waals surface area contributed by atoms with E-state index in [1.54, 1.807) is 0 Å². The topological polar surface area (TPSA) is 241 Å². The molecule has 0 amide bonds. The van der Waals surface area contributed by atoms with Gasteiger partial charge in [0, 0.05) is 26.4 Å². The molecule has 0 aromatic heterocycles. The van der Waals surface area contributed by atoms with Crippen molar-refractivity contribution in [2.75, 3.05) is 26.4 Å². The van der Waals surface area contributed by atoms with Gasteiger partial charge in [-0.1, -0.05) is 53.4 Å². The Morgan fingerprint density at radius 2 is 0.545 bits per heavy atom. The monoisotopic (exact) mass is 664 g/mol. The van der Waals surface area contributed by atoms with Crippen LogP contribution in [-0.4, -0.2) is 46.9 Å². The first kappa shape index (κ1) is 60.1. The predicted octanol–water partition coefficient (Wildman–Crippen LogP) is -2.13. The summed E-state index contributed by atoms with van der Waals surface area (Å²) in [6, 6.07) is 0. The third kappa shape index (κ3) is 332. The van der Waals surface area contributed by atoms with Crippen LogP contribution in [0.4, 0.5) is 0 Å². The Bertz CT molecular complexity index is 204. The van der Waals surface area contributed by atoms with Gasteiger partial charge in [-0.3, -0.25) is 0 Å². The molecule has 0 atom stereocenters. The molecule has 33 heavy (non-hydrogen) atoms. The SMILES string of the molecule is CCCCO.CCCCO.CCCCO.CCCCO.[O]=[Ti][O-].[O]=[Ti][O-].[O]=[Ti][O-].[O]=[Ti][O-].[Ti+4]. The third-order valence-corrected chi connectivity index (χ3v) is 2.05. The van der Waals surface area contributed by atoms with Crippen LogP contribution < -0.4 is 14.8 Å². The van der Waals surface area contributed by atoms with Crippen LogP contribution in [0.1, 0.15) is 79.1 Å². The Morgan fingerprint density at radius 1 is 0.455 bits per heavy atom. The molecule has 0 saturated heterocycles. The summed E-state index contributed by atoms with van der Waals surface area (Å²) in [5.74, 6) is 0. The molecule has 0 aliphatic carbocycles. The Hall–Kier alpha value is 2.45. The van der Waals surface area contributed by atoms with Crippen LogP contribution in [-0.2, 0) is 113 Å². The molecule has 12 nitrogen and oxygen atoms in total. The van der Waals surface area contributed by atoms with Crippen LogP contribution in [0.5, 0.6) is 0 Å². The summed E-state index contributed by atoms with van der Waals surface area (Å²) in [4.78, 5) is 0. The maximum atomic E-state index is 8.50. The Labute approximate surface area is 251 Å². The molecule has 0 aromatic rings. The minimum absolute atomic E-state index is 0. The number of hydrogen-bond acceptors (Lipinski definition) is 12. The number of hydrogen-bond donors (Lipinski definition) is 4. The van der Waals surface area contributed by atoms with E-state index >= 15 is 0 Å². The van der Waals surface area contributed by atoms with Crippen LogP contribution in [0, 0.1) is 0 Å². The van der Waals surface area contributed by atoms with Gasteiger partial charge >= 0.3 is 128 Å². The molecule has 0 spiro atoms. The van der Waals surface area contributed by atoms with Gasteiger partial charge in [0.05, 0.1) is 0 Å². The van der Waals surface area contributed by atoms with E-state index in [0.29, 0.717) is 26.4 Å². The molecule has 17 heteroatoms. The Balaban J connectivity index is -0.0000000287. The molecular weight excluding hydrogens is 623 g/mol. The van der Waals surface area contributed by atoms with Crippen molar-refractivity contribution in [3.05, 3.63) is 0 Å². The summed E-state index contributed by atoms with van der Waals surface area (Å²) < 4.78 is 68.0. The van der Waals surface area contributed by atoms with E-state index in [0.717, 1.165) is 51.4 Å². The van der Waals surface area contributed by atoms with Gasteiger partial charge in [0.2, 0.25) is 0 Å². The fraction of sp³-hybridized carbons (Fsp3) is 1.00. The summed E-state index contributed by atoms with van der Waals surface area (Å²) in [5, 5.41) is 32.3. The molecule has 0 rings (SSSR count). The Morgan fingerprint density at radius 3 is 0.545 bits per heavy atom. The van der Waals surface area contributed by atoms with Crippen LogP contribution >= 0.6 is 0 Å². The summed E-state index contributed by atoms with van der Waals surface area (Å²) >= 11 is -8.00. The maximum Gasteiger partial charge on any atom is 4.00 e. The molecule has 0 heterocycles. The Kier molecular flexibility index (Phi) is 206. The number of unbranched alkanes of at least 4 members (excludes halogenated alkanes) is 4. The average molecular weight is 664 g/mol. The third-order valence-electron chi connectivity index (χ3n) is 2.05. The van der Waals surface area contributed by atoms with E-state index in [1.165, 1.54) is 0 Å². The smallest absolute Gasteiger partial charge is 4.00 e. The van der Waals surface area contributed by atoms with Crippen molar-refractivity contribution < 1.29 is 148 Å². The summed E-state index contributed by atoms with van der Waals surface area (Å²) in [6.45, 7) is 9.58. The second-order valence-electron chi connectivity index (χ2n) is 4.64. The first-order valence-corrected chi connectivity index (χ1v) is 14.8. The molecule has 0 aromatic carbocycles. The molecule has 196 valence electrons. The van der Waals surface area contributed by atoms with Gasteiger partial charge in [-0.15, -0.1) is 0 Å². The summed E-state index contributed by atoms with van der Waals surface area (Å²) in [6.07, 6.45) is 8.15. The normalized spacial score (nSPS) is 6.18. The quantitative estimate of drug-likeness (QED) is 0.204. The number of aliphatic hydroxyl groups is 4. The molecule has 0 aliphatic heterocycles. The maximum absolute atomic E-state index is 8.50. The molecule has 0 bridgehead atoms. The molecule has 0 unspecified atom stereocenters. The van der Waals surface area contributed by atoms with Crippen LogP contribution in [0.3, 0.4) is 0 Å². The van der Waals surface area contributed by atoms with Crippen molar-refractivity contribution in [3.8, 4) is 0 Å². The van der Waals surface area contributed by atoms with E-state index < -0.39 is 78.0 Å². The van der Waals surface area contributed by atoms with E-state index in [2.05, 4.69) is 27.7 Å². The summed E-state index contributed by atoms with van der Waals surface area (Å²) in [7, 11) is 0. The standard InChI is InChI=1S/4C4H10O.8O.5Ti/c4*1-2-3-4-5;;;;;;;;;;;;;/h4*5H,2-4H2,1H3;;;;;;;;;;;;;/q;;;;;;;;4*-1;;;;;+4. The van der Waals surface area contributed by atoms with E-state index in [-0.39, 0.29) is 21.7 Å². The zero-order chi connectivity index (χ0) is 27.3. The zero-order valence-corrected chi connectivity index (χ0v) is 27.8. The molecule has 0 saturated carbocycles. The van der Waals surface area contributed by atoms with Crippen LogP contribution in [0.2, 0.25) is 0 Å². The van der Waals surface area contributed by atoms with Crippen molar-refractivity contribution in [1.29, 1.82) is 0 Å². The van der Waals surface area contributed by atoms with Crippen molar-refractivity contribution in [2.45, 2.75) is 79.1 Å². The van der Waals surface area contributed by atoms with Gasteiger partial charge in [0.1, 0.15) is 0 Å². The average Bonchev–Trinajstić information content (AvgIpc) is 2.74. The van der Waals surface area contributed by atoms with Crippen molar-refractivity contribution in [3.63, 3.8) is 0 Å². The molecule has 0 aliphatic rings. The van der Waals surface area contributed by atoms with Crippen molar-refractivity contribution in [2.24, 2.45) is 0 Å². The van der Waals surface area contributed by atoms with E-state index in [1.807, 2.05) is 0 Å². The predicted molar refractivity (Wildman–Crippen MR) is 90.7 cm³/mol. The molecule has 0 fully saturated rings. The molecule has 0 radical (unpaired) electrons. The van der Waals surface area contributed by atoms with Crippen LogP contribution in [0.25, 0.3) is 0 Å². The first-order chi connectivity index (χ1) is 15.3. The van der Waals surface area contributed by atoms with Crippen LogP contribution in [0.15, 0.2) is 0 Å². The fourth-order valence-electron chi connectivity index (χ4n) is 0.632. The number of aliphatic hydroxyl groups excluding tert-OH is 4. The van der Waals surface area contributed by atoms with Gasteiger partial charge < -0.3 is 20.4 Å². The second kappa shape index (κ2) is 113. The van der Waals surface area contributed by atoms with Gasteiger partial charge in [-0.2, -0.15) is 0 Å². The minimum Gasteiger partial charge on any atom is 4.00 e. The fourth-order valence-corrected chi connectivity index (χ4v) is 0.632. The van der Waals surface area contributed by atoms with Gasteiger partial charge in [0.25, 0.3) is 0 Å². The zero-order valence-electron chi connectivity index (χ0n) is 20.0. The van der Waals surface area contributed by atoms with Gasteiger partial charge in [-0.05, 0) is 25.7 Å². The molecular formula is C16H40O12Ti5. The largest absolute Gasteiger partial charge is 4.00 e. The van der Waals surface area contributed by atoms with Gasteiger partial charge in [-0.25, -0.2) is 0 Å². The first-order valence-electron chi connectivity index (χ1n) is 9.73. The molecule has 4 N–H and O–H groups in total. The van der Waals surface area contributed by atoms with Gasteiger partial charge in [0.15, 0.2) is 0 Å². The van der Waals surface area contributed by atoms with E-state index in [9.17, 15) is 0 Å². The summed E-state index contributed by atoms with van der Waals surface area (Å²) in [5.41, 5.74) is 0. The van der Waals surface area contributed by atoms with E-state index in [4.69, 9.17) is 48.5 Å². The minimum atomic E-state index is -2.00. The number of rotatable bonds is 8.